The molecule has 0 aliphatic heterocycles. The minimum atomic E-state index is -0.770. The quantitative estimate of drug-likeness (QED) is 0.343. The summed E-state index contributed by atoms with van der Waals surface area (Å²) in [6.45, 7) is 2.17. The number of ether oxygens (including phenoxy) is 1. The van der Waals surface area contributed by atoms with Gasteiger partial charge in [-0.25, -0.2) is 0 Å². The van der Waals surface area contributed by atoms with E-state index in [1.165, 1.54) is 18.4 Å². The zero-order valence-electron chi connectivity index (χ0n) is 12.3. The molecule has 0 saturated heterocycles. The highest BCUT2D eigenvalue weighted by atomic mass is 32.1. The summed E-state index contributed by atoms with van der Waals surface area (Å²) < 4.78 is 5.17. The van der Waals surface area contributed by atoms with Gasteiger partial charge in [-0.2, -0.15) is 0 Å². The number of nitrogens with zero attached hydrogens (tertiary/aromatic N) is 1. The molecule has 1 aliphatic carbocycles. The number of carbonyl (C=O) groups excluding carboxylic acids is 1. The molecular formula is C14H21N3O3S. The molecule has 0 spiro atoms. The van der Waals surface area contributed by atoms with Gasteiger partial charge in [-0.1, -0.05) is 12.1 Å². The number of amidine groups is 1. The van der Waals surface area contributed by atoms with Crippen LogP contribution in [0.15, 0.2) is 16.6 Å². The van der Waals surface area contributed by atoms with Crippen molar-refractivity contribution < 1.29 is 14.7 Å². The van der Waals surface area contributed by atoms with Gasteiger partial charge in [-0.05, 0) is 43.0 Å². The Morgan fingerprint density at radius 3 is 2.81 bits per heavy atom. The molecular weight excluding hydrogens is 290 g/mol. The van der Waals surface area contributed by atoms with Crippen molar-refractivity contribution in [1.29, 1.82) is 0 Å². The summed E-state index contributed by atoms with van der Waals surface area (Å²) in [7, 11) is 1.53. The zero-order chi connectivity index (χ0) is 15.5. The first-order chi connectivity index (χ1) is 10.0. The Labute approximate surface area is 128 Å². The van der Waals surface area contributed by atoms with Crippen molar-refractivity contribution in [2.75, 3.05) is 7.11 Å². The highest BCUT2D eigenvalue weighted by molar-refractivity contribution is 7.12. The van der Waals surface area contributed by atoms with Crippen LogP contribution in [0.25, 0.3) is 0 Å². The zero-order valence-corrected chi connectivity index (χ0v) is 13.1. The molecule has 1 aliphatic rings. The van der Waals surface area contributed by atoms with Gasteiger partial charge >= 0.3 is 0 Å². The minimum absolute atomic E-state index is 0.0678. The van der Waals surface area contributed by atoms with Crippen molar-refractivity contribution in [3.63, 3.8) is 0 Å². The number of methoxy groups -OCH3 is 1. The summed E-state index contributed by atoms with van der Waals surface area (Å²) in [5, 5.41) is 16.9. The van der Waals surface area contributed by atoms with Crippen LogP contribution in [0.5, 0.6) is 5.75 Å². The molecule has 2 rings (SSSR count). The molecule has 7 heteroatoms. The molecule has 21 heavy (non-hydrogen) atoms. The molecule has 1 aromatic heterocycles. The van der Waals surface area contributed by atoms with E-state index in [0.29, 0.717) is 29.4 Å². The average Bonchev–Trinajstić information content (AvgIpc) is 2.97. The lowest BCUT2D eigenvalue weighted by Crippen LogP contribution is -2.59. The lowest BCUT2D eigenvalue weighted by atomic mass is 9.76. The van der Waals surface area contributed by atoms with Crippen molar-refractivity contribution >= 4 is 23.1 Å². The van der Waals surface area contributed by atoms with Gasteiger partial charge in [-0.3, -0.25) is 4.79 Å². The number of amides is 1. The summed E-state index contributed by atoms with van der Waals surface area (Å²) in [5.74, 6) is 0.940. The molecule has 1 saturated carbocycles. The third-order valence-electron chi connectivity index (χ3n) is 4.13. The summed E-state index contributed by atoms with van der Waals surface area (Å²) in [6, 6.07) is 1.75. The van der Waals surface area contributed by atoms with E-state index in [-0.39, 0.29) is 11.7 Å². The number of oxime groups is 1. The lowest BCUT2D eigenvalue weighted by Gasteiger charge is -2.38. The number of nitrogens with one attached hydrogen (secondary N) is 1. The molecule has 0 radical (unpaired) electrons. The van der Waals surface area contributed by atoms with E-state index in [2.05, 4.69) is 17.4 Å². The number of rotatable bonds is 4. The molecule has 0 unspecified atom stereocenters. The number of carbonyl (C=O) groups is 1. The van der Waals surface area contributed by atoms with Crippen LogP contribution >= 0.6 is 11.3 Å². The van der Waals surface area contributed by atoms with E-state index in [0.717, 1.165) is 12.8 Å². The van der Waals surface area contributed by atoms with Crippen LogP contribution in [0.1, 0.15) is 42.3 Å². The van der Waals surface area contributed by atoms with Gasteiger partial charge in [0.05, 0.1) is 7.11 Å². The van der Waals surface area contributed by atoms with Crippen LogP contribution in [0.2, 0.25) is 0 Å². The summed E-state index contributed by atoms with van der Waals surface area (Å²) in [6.07, 6.45) is 3.20. The van der Waals surface area contributed by atoms with Crippen molar-refractivity contribution in [3.8, 4) is 5.75 Å². The Kier molecular flexibility index (Phi) is 4.72. The van der Waals surface area contributed by atoms with Crippen LogP contribution in [-0.4, -0.2) is 29.6 Å². The SMILES string of the molecule is COc1ccsc1C(=O)NC1(/C(N)=N/O)CCC(C)CC1. The van der Waals surface area contributed by atoms with Gasteiger partial charge in [0.2, 0.25) is 0 Å². The van der Waals surface area contributed by atoms with E-state index in [4.69, 9.17) is 15.7 Å². The smallest absolute Gasteiger partial charge is 0.265 e. The van der Waals surface area contributed by atoms with Crippen LogP contribution in [-0.2, 0) is 0 Å². The van der Waals surface area contributed by atoms with Gasteiger partial charge in [-0.15, -0.1) is 11.3 Å². The Bertz CT molecular complexity index is 533. The second kappa shape index (κ2) is 6.34. The molecule has 116 valence electrons. The number of nitrogens with two attached hydrogens (primary N) is 1. The first kappa shape index (κ1) is 15.6. The third kappa shape index (κ3) is 3.12. The monoisotopic (exact) mass is 311 g/mol. The first-order valence-corrected chi connectivity index (χ1v) is 7.82. The van der Waals surface area contributed by atoms with Gasteiger partial charge in [0.1, 0.15) is 16.2 Å². The lowest BCUT2D eigenvalue weighted by molar-refractivity contribution is 0.0899. The Morgan fingerprint density at radius 2 is 2.24 bits per heavy atom. The second-order valence-electron chi connectivity index (χ2n) is 5.52. The maximum atomic E-state index is 12.5. The van der Waals surface area contributed by atoms with Gasteiger partial charge < -0.3 is 21.0 Å². The molecule has 1 aromatic rings. The molecule has 0 atom stereocenters. The maximum Gasteiger partial charge on any atom is 0.265 e. The molecule has 4 N–H and O–H groups in total. The third-order valence-corrected chi connectivity index (χ3v) is 5.03. The van der Waals surface area contributed by atoms with Crippen LogP contribution in [0.4, 0.5) is 0 Å². The molecule has 1 amide bonds. The van der Waals surface area contributed by atoms with Gasteiger partial charge in [0.25, 0.3) is 5.91 Å². The molecule has 1 fully saturated rings. The van der Waals surface area contributed by atoms with Crippen LogP contribution < -0.4 is 15.8 Å². The maximum absolute atomic E-state index is 12.5. The number of thiophene rings is 1. The van der Waals surface area contributed by atoms with Crippen molar-refractivity contribution in [2.45, 2.75) is 38.1 Å². The van der Waals surface area contributed by atoms with E-state index < -0.39 is 5.54 Å². The van der Waals surface area contributed by atoms with E-state index in [1.54, 1.807) is 11.4 Å². The van der Waals surface area contributed by atoms with Gasteiger partial charge in [0, 0.05) is 0 Å². The highest BCUT2D eigenvalue weighted by Gasteiger charge is 2.40. The van der Waals surface area contributed by atoms with Crippen LogP contribution in [0.3, 0.4) is 0 Å². The molecule has 1 heterocycles. The standard InChI is InChI=1S/C14H21N3O3S/c1-9-3-6-14(7-4-9,13(15)17-19)16-12(18)11-10(20-2)5-8-21-11/h5,8-9,19H,3-4,6-7H2,1-2H3,(H2,15,17)(H,16,18). The second-order valence-corrected chi connectivity index (χ2v) is 6.44. The van der Waals surface area contributed by atoms with Crippen LogP contribution in [0, 0.1) is 5.92 Å². The summed E-state index contributed by atoms with van der Waals surface area (Å²) >= 11 is 1.31. The summed E-state index contributed by atoms with van der Waals surface area (Å²) in [4.78, 5) is 13.0. The predicted molar refractivity (Wildman–Crippen MR) is 82.1 cm³/mol. The fraction of sp³-hybridized carbons (Fsp3) is 0.571. The minimum Gasteiger partial charge on any atom is -0.495 e. The number of hydrogen-bond acceptors (Lipinski definition) is 5. The Morgan fingerprint density at radius 1 is 1.57 bits per heavy atom. The highest BCUT2D eigenvalue weighted by Crippen LogP contribution is 2.33. The molecule has 0 aromatic carbocycles. The van der Waals surface area contributed by atoms with E-state index >= 15 is 0 Å². The van der Waals surface area contributed by atoms with Crippen molar-refractivity contribution in [1.82, 2.24) is 5.32 Å². The first-order valence-electron chi connectivity index (χ1n) is 6.94. The topological polar surface area (TPSA) is 96.9 Å². The average molecular weight is 311 g/mol. The molecule has 0 bridgehead atoms. The van der Waals surface area contributed by atoms with Crippen molar-refractivity contribution in [3.05, 3.63) is 16.3 Å². The van der Waals surface area contributed by atoms with E-state index in [9.17, 15) is 4.79 Å². The largest absolute Gasteiger partial charge is 0.495 e. The Hall–Kier alpha value is -1.76. The van der Waals surface area contributed by atoms with Gasteiger partial charge in [0.15, 0.2) is 5.84 Å². The number of hydrogen-bond donors (Lipinski definition) is 3. The van der Waals surface area contributed by atoms with E-state index in [1.807, 2.05) is 0 Å². The fourth-order valence-electron chi connectivity index (χ4n) is 2.69. The normalized spacial score (nSPS) is 26.4. The predicted octanol–water partition coefficient (Wildman–Crippen LogP) is 2.18. The van der Waals surface area contributed by atoms with Crippen molar-refractivity contribution in [2.24, 2.45) is 16.8 Å². The Balaban J connectivity index is 2.22. The fourth-order valence-corrected chi connectivity index (χ4v) is 3.45. The molecule has 6 nitrogen and oxygen atoms in total. The summed E-state index contributed by atoms with van der Waals surface area (Å²) in [5.41, 5.74) is 5.09.